The third-order valence-electron chi connectivity index (χ3n) is 9.51. The molecule has 2 heterocycles. The van der Waals surface area contributed by atoms with Crippen LogP contribution < -0.4 is 9.47 Å². The average Bonchev–Trinajstić information content (AvgIpc) is 3.56. The lowest BCUT2D eigenvalue weighted by Crippen LogP contribution is -2.57. The molecule has 1 aromatic carbocycles. The summed E-state index contributed by atoms with van der Waals surface area (Å²) >= 11 is 0. The van der Waals surface area contributed by atoms with Gasteiger partial charge >= 0.3 is 11.9 Å². The molecule has 1 unspecified atom stereocenters. The Bertz CT molecular complexity index is 1200. The Balaban J connectivity index is 1.32. The molecule has 0 spiro atoms. The summed E-state index contributed by atoms with van der Waals surface area (Å²) in [6.45, 7) is 8.80. The predicted octanol–water partition coefficient (Wildman–Crippen LogP) is 4.35. The molecule has 5 rings (SSSR count). The van der Waals surface area contributed by atoms with Crippen molar-refractivity contribution >= 4 is 18.0 Å². The van der Waals surface area contributed by atoms with Gasteiger partial charge in [-0.25, -0.2) is 4.79 Å². The summed E-state index contributed by atoms with van der Waals surface area (Å²) in [6, 6.07) is 5.55. The summed E-state index contributed by atoms with van der Waals surface area (Å²) in [6.07, 6.45) is 7.26. The molecule has 8 heteroatoms. The van der Waals surface area contributed by atoms with Gasteiger partial charge in [-0.15, -0.1) is 0 Å². The van der Waals surface area contributed by atoms with E-state index in [-0.39, 0.29) is 43.7 Å². The van der Waals surface area contributed by atoms with Crippen LogP contribution in [0.5, 0.6) is 11.5 Å². The molecule has 210 valence electrons. The number of hydrogen-bond donors (Lipinski definition) is 2. The number of cyclic esters (lactones) is 1. The quantitative estimate of drug-likeness (QED) is 0.371. The molecule has 6 atom stereocenters. The van der Waals surface area contributed by atoms with Gasteiger partial charge in [-0.1, -0.05) is 44.2 Å². The highest BCUT2D eigenvalue weighted by molar-refractivity contribution is 5.92. The number of carbonyl (C=O) groups is 2. The lowest BCUT2D eigenvalue weighted by Gasteiger charge is -2.60. The first-order valence-corrected chi connectivity index (χ1v) is 13.7. The first-order valence-electron chi connectivity index (χ1n) is 13.7. The van der Waals surface area contributed by atoms with Crippen LogP contribution in [0.2, 0.25) is 0 Å². The molecular weight excluding hydrogens is 500 g/mol. The van der Waals surface area contributed by atoms with Crippen molar-refractivity contribution in [1.29, 1.82) is 0 Å². The van der Waals surface area contributed by atoms with E-state index >= 15 is 0 Å². The fourth-order valence-electron chi connectivity index (χ4n) is 7.24. The van der Waals surface area contributed by atoms with Crippen molar-refractivity contribution in [2.45, 2.75) is 64.6 Å². The number of esters is 2. The first-order chi connectivity index (χ1) is 18.7. The molecule has 2 saturated carbocycles. The number of hydrogen-bond acceptors (Lipinski definition) is 8. The van der Waals surface area contributed by atoms with Crippen LogP contribution >= 0.6 is 0 Å². The van der Waals surface area contributed by atoms with Crippen LogP contribution in [0.3, 0.4) is 0 Å². The summed E-state index contributed by atoms with van der Waals surface area (Å²) in [5, 5.41) is 21.1. The molecule has 2 aliphatic carbocycles. The SMILES string of the molecule is C=C1CC[C@@H]2[C@](C)(CO)[C@H](O)CC[C@@]2(C)[C@@H]1CC(OC(=O)C/C=C/c1ccc2c(c1)OCO2)C1=CCOC1=O. The monoisotopic (exact) mass is 538 g/mol. The van der Waals surface area contributed by atoms with Gasteiger partial charge in [0.15, 0.2) is 11.5 Å². The van der Waals surface area contributed by atoms with Gasteiger partial charge in [0, 0.05) is 5.41 Å². The highest BCUT2D eigenvalue weighted by Crippen LogP contribution is 2.62. The van der Waals surface area contributed by atoms with Gasteiger partial charge in [-0.3, -0.25) is 4.79 Å². The van der Waals surface area contributed by atoms with Gasteiger partial charge in [-0.2, -0.15) is 0 Å². The van der Waals surface area contributed by atoms with Crippen molar-refractivity contribution in [1.82, 2.24) is 0 Å². The zero-order chi connectivity index (χ0) is 27.8. The molecule has 1 aromatic rings. The van der Waals surface area contributed by atoms with E-state index < -0.39 is 29.6 Å². The van der Waals surface area contributed by atoms with Crippen LogP contribution in [0.25, 0.3) is 6.08 Å². The van der Waals surface area contributed by atoms with Crippen molar-refractivity contribution in [2.24, 2.45) is 22.7 Å². The fraction of sp³-hybridized carbons (Fsp3) is 0.548. The van der Waals surface area contributed by atoms with E-state index in [9.17, 15) is 19.8 Å². The molecular formula is C31H38O8. The van der Waals surface area contributed by atoms with Crippen LogP contribution in [-0.2, 0) is 19.1 Å². The predicted molar refractivity (Wildman–Crippen MR) is 144 cm³/mol. The van der Waals surface area contributed by atoms with Crippen molar-refractivity contribution in [2.75, 3.05) is 20.0 Å². The third-order valence-corrected chi connectivity index (χ3v) is 9.51. The Kier molecular flexibility index (Phi) is 7.62. The highest BCUT2D eigenvalue weighted by atomic mass is 16.7. The molecule has 2 fully saturated rings. The maximum Gasteiger partial charge on any atom is 0.337 e. The van der Waals surface area contributed by atoms with Crippen molar-refractivity contribution in [3.8, 4) is 11.5 Å². The summed E-state index contributed by atoms with van der Waals surface area (Å²) in [5.74, 6) is 0.466. The Hall–Kier alpha value is -3.10. The van der Waals surface area contributed by atoms with Gasteiger partial charge in [-0.05, 0) is 73.1 Å². The standard InChI is InChI=1S/C31H38O8/c1-19-7-10-26-30(2,13-11-27(33)31(26,3)17-32)22(19)16-24(21-12-14-36-29(21)35)39-28(34)6-4-5-20-8-9-23-25(15-20)38-18-37-23/h4-5,8-9,12,15,22,24,26-27,32-33H,1,6-7,10-11,13-14,16-18H2,2-3H3/b5-4+/t22-,24?,26+,27-,30+,31+/m1/s1. The molecule has 4 aliphatic rings. The maximum absolute atomic E-state index is 13.0. The van der Waals surface area contributed by atoms with Crippen LogP contribution in [0, 0.1) is 22.7 Å². The molecule has 0 saturated heterocycles. The largest absolute Gasteiger partial charge is 0.458 e. The molecule has 0 aromatic heterocycles. The van der Waals surface area contributed by atoms with Crippen LogP contribution in [-0.4, -0.2) is 54.4 Å². The van der Waals surface area contributed by atoms with E-state index in [1.54, 1.807) is 12.2 Å². The lowest BCUT2D eigenvalue weighted by atomic mass is 9.46. The van der Waals surface area contributed by atoms with E-state index in [1.165, 1.54) is 0 Å². The van der Waals surface area contributed by atoms with Gasteiger partial charge in [0.25, 0.3) is 0 Å². The smallest absolute Gasteiger partial charge is 0.337 e. The minimum Gasteiger partial charge on any atom is -0.458 e. The number of fused-ring (bicyclic) bond motifs is 2. The topological polar surface area (TPSA) is 112 Å². The van der Waals surface area contributed by atoms with Gasteiger partial charge in [0.2, 0.25) is 6.79 Å². The maximum atomic E-state index is 13.0. The molecule has 2 N–H and O–H groups in total. The van der Waals surface area contributed by atoms with Crippen molar-refractivity contribution < 1.29 is 38.7 Å². The van der Waals surface area contributed by atoms with Crippen LogP contribution in [0.15, 0.2) is 48.1 Å². The van der Waals surface area contributed by atoms with Gasteiger partial charge in [0.05, 0.1) is 24.7 Å². The van der Waals surface area contributed by atoms with Gasteiger partial charge in [0.1, 0.15) is 12.7 Å². The lowest BCUT2D eigenvalue weighted by molar-refractivity contribution is -0.160. The number of carbonyl (C=O) groups excluding carboxylic acids is 2. The second-order valence-corrected chi connectivity index (χ2v) is 11.7. The number of benzene rings is 1. The van der Waals surface area contributed by atoms with Gasteiger partial charge < -0.3 is 29.2 Å². The van der Waals surface area contributed by atoms with E-state index in [2.05, 4.69) is 13.5 Å². The first kappa shape index (κ1) is 27.5. The number of aliphatic hydroxyl groups excluding tert-OH is 2. The number of allylic oxidation sites excluding steroid dienone is 1. The Morgan fingerprint density at radius 2 is 2.03 bits per heavy atom. The Morgan fingerprint density at radius 1 is 1.23 bits per heavy atom. The number of ether oxygens (including phenoxy) is 4. The molecule has 0 bridgehead atoms. The summed E-state index contributed by atoms with van der Waals surface area (Å²) in [7, 11) is 0. The molecule has 8 nitrogen and oxygen atoms in total. The average molecular weight is 539 g/mol. The van der Waals surface area contributed by atoms with Crippen LogP contribution in [0.1, 0.15) is 57.9 Å². The third kappa shape index (κ3) is 5.12. The summed E-state index contributed by atoms with van der Waals surface area (Å²) in [4.78, 5) is 25.5. The zero-order valence-electron chi connectivity index (χ0n) is 22.7. The number of aliphatic hydroxyl groups is 2. The second kappa shape index (κ2) is 10.8. The zero-order valence-corrected chi connectivity index (χ0v) is 22.7. The Morgan fingerprint density at radius 3 is 2.77 bits per heavy atom. The van der Waals surface area contributed by atoms with E-state index in [0.29, 0.717) is 29.9 Å². The van der Waals surface area contributed by atoms with E-state index in [0.717, 1.165) is 30.4 Å². The normalized spacial score (nSPS) is 32.5. The minimum absolute atomic E-state index is 0.0353. The second-order valence-electron chi connectivity index (χ2n) is 11.7. The number of rotatable bonds is 8. The molecule has 2 aliphatic heterocycles. The summed E-state index contributed by atoms with van der Waals surface area (Å²) in [5.41, 5.74) is 1.40. The minimum atomic E-state index is -0.768. The van der Waals surface area contributed by atoms with E-state index in [1.807, 2.05) is 31.2 Å². The highest BCUT2D eigenvalue weighted by Gasteiger charge is 2.58. The fourth-order valence-corrected chi connectivity index (χ4v) is 7.24. The van der Waals surface area contributed by atoms with Crippen LogP contribution in [0.4, 0.5) is 0 Å². The summed E-state index contributed by atoms with van der Waals surface area (Å²) < 4.78 is 21.9. The molecule has 39 heavy (non-hydrogen) atoms. The van der Waals surface area contributed by atoms with Crippen molar-refractivity contribution in [3.05, 3.63) is 53.6 Å². The van der Waals surface area contributed by atoms with E-state index in [4.69, 9.17) is 18.9 Å². The Labute approximate surface area is 229 Å². The molecule has 0 amide bonds. The molecule has 0 radical (unpaired) electrons. The van der Waals surface area contributed by atoms with Crippen molar-refractivity contribution in [3.63, 3.8) is 0 Å².